The van der Waals surface area contributed by atoms with Crippen molar-refractivity contribution in [3.63, 3.8) is 0 Å². The molecule has 0 radical (unpaired) electrons. The fourth-order valence-electron chi connectivity index (χ4n) is 2.48. The lowest BCUT2D eigenvalue weighted by Gasteiger charge is -2.28. The molecule has 1 aromatic carbocycles. The molecule has 0 saturated carbocycles. The maximum absolute atomic E-state index is 12.9. The lowest BCUT2D eigenvalue weighted by atomic mass is 9.93. The third kappa shape index (κ3) is 2.19. The van der Waals surface area contributed by atoms with Crippen LogP contribution < -0.4 is 5.32 Å². The zero-order chi connectivity index (χ0) is 13.4. The molecule has 2 rings (SSSR count). The summed E-state index contributed by atoms with van der Waals surface area (Å²) in [6.45, 7) is 2.35. The molecule has 0 spiro atoms. The molecule has 1 aliphatic heterocycles. The summed E-state index contributed by atoms with van der Waals surface area (Å²) in [6.07, 6.45) is -3.04. The predicted molar refractivity (Wildman–Crippen MR) is 63.7 cm³/mol. The van der Waals surface area contributed by atoms with Crippen LogP contribution in [0.15, 0.2) is 18.2 Å². The van der Waals surface area contributed by atoms with Crippen molar-refractivity contribution >= 4 is 5.69 Å². The molecule has 1 aromatic rings. The maximum atomic E-state index is 12.9. The van der Waals surface area contributed by atoms with Gasteiger partial charge in [0.15, 0.2) is 0 Å². The number of para-hydroxylation sites is 1. The summed E-state index contributed by atoms with van der Waals surface area (Å²) in [7, 11) is 1.56. The fraction of sp³-hybridized carbons (Fsp3) is 0.538. The predicted octanol–water partition coefficient (Wildman–Crippen LogP) is 3.47. The number of ether oxygens (including phenoxy) is 1. The summed E-state index contributed by atoms with van der Waals surface area (Å²) < 4.78 is 43.9. The van der Waals surface area contributed by atoms with Gasteiger partial charge in [-0.1, -0.05) is 19.1 Å². The van der Waals surface area contributed by atoms with Gasteiger partial charge in [0, 0.05) is 7.11 Å². The zero-order valence-corrected chi connectivity index (χ0v) is 10.4. The van der Waals surface area contributed by atoms with Gasteiger partial charge in [0.25, 0.3) is 0 Å². The minimum absolute atomic E-state index is 0.212. The van der Waals surface area contributed by atoms with Crippen LogP contribution in [0.25, 0.3) is 0 Å². The standard InChI is InChI=1S/C13H16F3NO/c1-3-12(8-18-2)7-9-5-4-6-10(11(9)17-12)13(14,15)16/h4-6,17H,3,7-8H2,1-2H3. The molecule has 1 N–H and O–H groups in total. The number of rotatable bonds is 3. The van der Waals surface area contributed by atoms with E-state index in [4.69, 9.17) is 4.74 Å². The average Bonchev–Trinajstić information content (AvgIpc) is 2.66. The highest BCUT2D eigenvalue weighted by Gasteiger charge is 2.42. The van der Waals surface area contributed by atoms with E-state index < -0.39 is 17.3 Å². The molecule has 1 heterocycles. The van der Waals surface area contributed by atoms with E-state index in [0.29, 0.717) is 25.0 Å². The van der Waals surface area contributed by atoms with E-state index in [9.17, 15) is 13.2 Å². The molecule has 1 atom stereocenters. The Morgan fingerprint density at radius 1 is 1.39 bits per heavy atom. The highest BCUT2D eigenvalue weighted by atomic mass is 19.4. The van der Waals surface area contributed by atoms with Gasteiger partial charge in [-0.3, -0.25) is 0 Å². The summed E-state index contributed by atoms with van der Waals surface area (Å²) in [5.74, 6) is 0. The Bertz CT molecular complexity index is 444. The Labute approximate surface area is 104 Å². The largest absolute Gasteiger partial charge is 0.418 e. The monoisotopic (exact) mass is 259 g/mol. The highest BCUT2D eigenvalue weighted by molar-refractivity contribution is 5.65. The molecule has 0 aliphatic carbocycles. The van der Waals surface area contributed by atoms with Gasteiger partial charge in [-0.05, 0) is 24.5 Å². The van der Waals surface area contributed by atoms with Crippen molar-refractivity contribution < 1.29 is 17.9 Å². The van der Waals surface area contributed by atoms with Gasteiger partial charge < -0.3 is 10.1 Å². The quantitative estimate of drug-likeness (QED) is 0.897. The fourth-order valence-corrected chi connectivity index (χ4v) is 2.48. The number of fused-ring (bicyclic) bond motifs is 1. The summed E-state index contributed by atoms with van der Waals surface area (Å²) in [5.41, 5.74) is -0.0858. The molecule has 0 amide bonds. The Hall–Kier alpha value is -1.23. The Morgan fingerprint density at radius 3 is 2.67 bits per heavy atom. The van der Waals surface area contributed by atoms with Crippen molar-refractivity contribution in [1.82, 2.24) is 0 Å². The van der Waals surface area contributed by atoms with Crippen LogP contribution in [0.1, 0.15) is 24.5 Å². The van der Waals surface area contributed by atoms with Crippen LogP contribution in [0.2, 0.25) is 0 Å². The van der Waals surface area contributed by atoms with Gasteiger partial charge in [0.05, 0.1) is 23.4 Å². The second-order valence-electron chi connectivity index (χ2n) is 4.71. The minimum Gasteiger partial charge on any atom is -0.382 e. The third-order valence-corrected chi connectivity index (χ3v) is 3.47. The number of alkyl halides is 3. The van der Waals surface area contributed by atoms with Gasteiger partial charge in [0.2, 0.25) is 0 Å². The van der Waals surface area contributed by atoms with E-state index in [1.807, 2.05) is 6.92 Å². The molecule has 0 aromatic heterocycles. The van der Waals surface area contributed by atoms with Crippen molar-refractivity contribution in [3.8, 4) is 0 Å². The molecular weight excluding hydrogens is 243 g/mol. The first kappa shape index (κ1) is 13.2. The first-order valence-electron chi connectivity index (χ1n) is 5.88. The molecule has 1 aliphatic rings. The van der Waals surface area contributed by atoms with Gasteiger partial charge in [0.1, 0.15) is 0 Å². The molecule has 0 saturated heterocycles. The highest BCUT2D eigenvalue weighted by Crippen LogP contribution is 2.43. The number of hydrogen-bond acceptors (Lipinski definition) is 2. The first-order chi connectivity index (χ1) is 8.42. The SMILES string of the molecule is CCC1(COC)Cc2cccc(C(F)(F)F)c2N1. The summed E-state index contributed by atoms with van der Waals surface area (Å²) in [5, 5.41) is 3.03. The number of benzene rings is 1. The summed E-state index contributed by atoms with van der Waals surface area (Å²) in [4.78, 5) is 0. The normalized spacial score (nSPS) is 22.7. The second-order valence-corrected chi connectivity index (χ2v) is 4.71. The zero-order valence-electron chi connectivity index (χ0n) is 10.4. The summed E-state index contributed by atoms with van der Waals surface area (Å²) in [6, 6.07) is 4.32. The maximum Gasteiger partial charge on any atom is 0.418 e. The van der Waals surface area contributed by atoms with E-state index in [2.05, 4.69) is 5.32 Å². The van der Waals surface area contributed by atoms with Crippen molar-refractivity contribution in [2.75, 3.05) is 19.0 Å². The van der Waals surface area contributed by atoms with Gasteiger partial charge in [-0.2, -0.15) is 13.2 Å². The summed E-state index contributed by atoms with van der Waals surface area (Å²) >= 11 is 0. The van der Waals surface area contributed by atoms with Crippen molar-refractivity contribution in [3.05, 3.63) is 29.3 Å². The molecule has 2 nitrogen and oxygen atoms in total. The number of nitrogens with one attached hydrogen (secondary N) is 1. The van der Waals surface area contributed by atoms with Crippen LogP contribution in [0.3, 0.4) is 0 Å². The Balaban J connectivity index is 2.40. The molecule has 18 heavy (non-hydrogen) atoms. The molecule has 1 unspecified atom stereocenters. The van der Waals surface area contributed by atoms with E-state index >= 15 is 0 Å². The smallest absolute Gasteiger partial charge is 0.382 e. The third-order valence-electron chi connectivity index (χ3n) is 3.47. The van der Waals surface area contributed by atoms with Crippen molar-refractivity contribution in [2.24, 2.45) is 0 Å². The van der Waals surface area contributed by atoms with E-state index in [1.54, 1.807) is 13.2 Å². The second kappa shape index (κ2) is 4.46. The lowest BCUT2D eigenvalue weighted by Crippen LogP contribution is -2.40. The van der Waals surface area contributed by atoms with Gasteiger partial charge in [-0.15, -0.1) is 0 Å². The van der Waals surface area contributed by atoms with Crippen LogP contribution >= 0.6 is 0 Å². The number of anilines is 1. The van der Waals surface area contributed by atoms with Gasteiger partial charge in [-0.25, -0.2) is 0 Å². The van der Waals surface area contributed by atoms with Crippen LogP contribution in [0, 0.1) is 0 Å². The van der Waals surface area contributed by atoms with Crippen LogP contribution in [0.4, 0.5) is 18.9 Å². The first-order valence-corrected chi connectivity index (χ1v) is 5.88. The van der Waals surface area contributed by atoms with E-state index in [0.717, 1.165) is 6.07 Å². The lowest BCUT2D eigenvalue weighted by molar-refractivity contribution is -0.137. The molecule has 100 valence electrons. The van der Waals surface area contributed by atoms with E-state index in [1.165, 1.54) is 6.07 Å². The number of methoxy groups -OCH3 is 1. The van der Waals surface area contributed by atoms with Crippen LogP contribution in [0.5, 0.6) is 0 Å². The topological polar surface area (TPSA) is 21.3 Å². The minimum atomic E-state index is -4.32. The molecule has 0 bridgehead atoms. The number of halogens is 3. The molecule has 5 heteroatoms. The van der Waals surface area contributed by atoms with E-state index in [-0.39, 0.29) is 5.69 Å². The van der Waals surface area contributed by atoms with Crippen molar-refractivity contribution in [1.29, 1.82) is 0 Å². The Morgan fingerprint density at radius 2 is 2.11 bits per heavy atom. The van der Waals surface area contributed by atoms with Crippen molar-refractivity contribution in [2.45, 2.75) is 31.5 Å². The Kier molecular flexibility index (Phi) is 3.27. The van der Waals surface area contributed by atoms with Crippen LogP contribution in [-0.4, -0.2) is 19.3 Å². The molecular formula is C13H16F3NO. The van der Waals surface area contributed by atoms with Crippen LogP contribution in [-0.2, 0) is 17.3 Å². The van der Waals surface area contributed by atoms with Gasteiger partial charge >= 0.3 is 6.18 Å². The molecule has 0 fully saturated rings. The number of hydrogen-bond donors (Lipinski definition) is 1. The average molecular weight is 259 g/mol.